The molecular formula is C27H31N3O2S. The maximum absolute atomic E-state index is 12.3. The third-order valence-corrected chi connectivity index (χ3v) is 5.71. The molecule has 6 heteroatoms. The molecule has 5 nitrogen and oxygen atoms in total. The van der Waals surface area contributed by atoms with Crippen molar-refractivity contribution in [2.75, 3.05) is 6.26 Å². The Kier molecular flexibility index (Phi) is 9.39. The quantitative estimate of drug-likeness (QED) is 0.278. The Morgan fingerprint density at radius 2 is 1.85 bits per heavy atom. The van der Waals surface area contributed by atoms with Crippen LogP contribution in [0, 0.1) is 6.92 Å². The molecule has 0 spiro atoms. The number of nitrogens with zero attached hydrogens (tertiary/aromatic N) is 1. The number of hydrogen-bond donors (Lipinski definition) is 2. The van der Waals surface area contributed by atoms with E-state index < -0.39 is 0 Å². The van der Waals surface area contributed by atoms with Crippen LogP contribution >= 0.6 is 11.9 Å². The number of amides is 1. The van der Waals surface area contributed by atoms with E-state index >= 15 is 0 Å². The zero-order chi connectivity index (χ0) is 23.5. The number of rotatable bonds is 12. The SMILES string of the molecule is C=C/C=C\NC(Cc1ccc(CCCc2nc(-c3ccccc3)oc2C)cc1)C(=O)NSC. The Morgan fingerprint density at radius 1 is 1.12 bits per heavy atom. The molecule has 3 rings (SSSR count). The van der Waals surface area contributed by atoms with Crippen molar-refractivity contribution >= 4 is 17.9 Å². The van der Waals surface area contributed by atoms with Crippen LogP contribution in [0.5, 0.6) is 0 Å². The lowest BCUT2D eigenvalue weighted by molar-refractivity contribution is -0.120. The highest BCUT2D eigenvalue weighted by Gasteiger charge is 2.17. The minimum Gasteiger partial charge on any atom is -0.441 e. The van der Waals surface area contributed by atoms with E-state index in [1.54, 1.807) is 18.4 Å². The third-order valence-electron chi connectivity index (χ3n) is 5.30. The van der Waals surface area contributed by atoms with Gasteiger partial charge in [0.15, 0.2) is 0 Å². The summed E-state index contributed by atoms with van der Waals surface area (Å²) in [7, 11) is 0. The summed E-state index contributed by atoms with van der Waals surface area (Å²) in [5.74, 6) is 1.53. The summed E-state index contributed by atoms with van der Waals surface area (Å²) in [4.78, 5) is 17.0. The average molecular weight is 462 g/mol. The van der Waals surface area contributed by atoms with Gasteiger partial charge in [0, 0.05) is 18.2 Å². The first-order valence-corrected chi connectivity index (χ1v) is 12.3. The highest BCUT2D eigenvalue weighted by atomic mass is 32.2. The van der Waals surface area contributed by atoms with Gasteiger partial charge in [-0.2, -0.15) is 0 Å². The maximum Gasteiger partial charge on any atom is 0.252 e. The van der Waals surface area contributed by atoms with Gasteiger partial charge < -0.3 is 9.73 Å². The van der Waals surface area contributed by atoms with Crippen molar-refractivity contribution in [2.24, 2.45) is 0 Å². The molecule has 0 radical (unpaired) electrons. The normalized spacial score (nSPS) is 11.9. The van der Waals surface area contributed by atoms with Crippen molar-refractivity contribution in [3.8, 4) is 11.5 Å². The maximum atomic E-state index is 12.3. The third kappa shape index (κ3) is 7.39. The van der Waals surface area contributed by atoms with E-state index in [-0.39, 0.29) is 11.9 Å². The second kappa shape index (κ2) is 12.7. The number of benzene rings is 2. The van der Waals surface area contributed by atoms with Crippen LogP contribution in [0.2, 0.25) is 0 Å². The fourth-order valence-electron chi connectivity index (χ4n) is 3.54. The van der Waals surface area contributed by atoms with E-state index in [9.17, 15) is 4.79 Å². The van der Waals surface area contributed by atoms with Crippen molar-refractivity contribution in [1.82, 2.24) is 15.0 Å². The van der Waals surface area contributed by atoms with Crippen LogP contribution in [0.4, 0.5) is 0 Å². The molecule has 0 saturated carbocycles. The lowest BCUT2D eigenvalue weighted by Crippen LogP contribution is -2.41. The number of oxazole rings is 1. The first kappa shape index (κ1) is 24.4. The van der Waals surface area contributed by atoms with Crippen molar-refractivity contribution in [2.45, 2.75) is 38.6 Å². The Labute approximate surface area is 200 Å². The average Bonchev–Trinajstić information content (AvgIpc) is 3.21. The van der Waals surface area contributed by atoms with Gasteiger partial charge in [-0.15, -0.1) is 0 Å². The minimum atomic E-state index is -0.339. The first-order chi connectivity index (χ1) is 16.1. The van der Waals surface area contributed by atoms with Crippen molar-refractivity contribution in [1.29, 1.82) is 0 Å². The summed E-state index contributed by atoms with van der Waals surface area (Å²) in [6, 6.07) is 18.1. The van der Waals surface area contributed by atoms with Gasteiger partial charge in [-0.05, 0) is 61.7 Å². The summed E-state index contributed by atoms with van der Waals surface area (Å²) in [6.07, 6.45) is 10.5. The topological polar surface area (TPSA) is 67.2 Å². The van der Waals surface area contributed by atoms with E-state index in [2.05, 4.69) is 40.9 Å². The van der Waals surface area contributed by atoms with E-state index in [0.29, 0.717) is 12.3 Å². The predicted octanol–water partition coefficient (Wildman–Crippen LogP) is 5.42. The summed E-state index contributed by atoms with van der Waals surface area (Å²) in [6.45, 7) is 5.63. The van der Waals surface area contributed by atoms with E-state index in [4.69, 9.17) is 9.40 Å². The van der Waals surface area contributed by atoms with E-state index in [1.807, 2.05) is 43.5 Å². The van der Waals surface area contributed by atoms with Crippen molar-refractivity contribution in [3.63, 3.8) is 0 Å². The van der Waals surface area contributed by atoms with Gasteiger partial charge in [0.2, 0.25) is 5.89 Å². The lowest BCUT2D eigenvalue weighted by atomic mass is 10.0. The van der Waals surface area contributed by atoms with Gasteiger partial charge in [-0.3, -0.25) is 9.52 Å². The highest BCUT2D eigenvalue weighted by molar-refractivity contribution is 7.97. The Balaban J connectivity index is 1.54. The Bertz CT molecular complexity index is 1060. The van der Waals surface area contributed by atoms with Gasteiger partial charge in [0.25, 0.3) is 5.91 Å². The first-order valence-electron chi connectivity index (χ1n) is 11.1. The summed E-state index contributed by atoms with van der Waals surface area (Å²) < 4.78 is 8.67. The zero-order valence-electron chi connectivity index (χ0n) is 19.2. The fourth-order valence-corrected chi connectivity index (χ4v) is 3.88. The van der Waals surface area contributed by atoms with Gasteiger partial charge in [0.1, 0.15) is 11.8 Å². The van der Waals surface area contributed by atoms with Crippen LogP contribution in [0.1, 0.15) is 29.0 Å². The molecule has 0 aliphatic rings. The number of hydrogen-bond acceptors (Lipinski definition) is 5. The molecule has 1 atom stereocenters. The molecule has 172 valence electrons. The molecule has 3 aromatic rings. The molecule has 1 heterocycles. The van der Waals surface area contributed by atoms with Gasteiger partial charge in [0.05, 0.1) is 5.69 Å². The molecule has 2 N–H and O–H groups in total. The second-order valence-corrected chi connectivity index (χ2v) is 8.36. The van der Waals surface area contributed by atoms with Crippen LogP contribution in [-0.4, -0.2) is 23.2 Å². The molecular weight excluding hydrogens is 430 g/mol. The molecule has 1 aromatic heterocycles. The number of aromatic nitrogens is 1. The molecule has 0 fully saturated rings. The van der Waals surface area contributed by atoms with Gasteiger partial charge >= 0.3 is 0 Å². The van der Waals surface area contributed by atoms with Gasteiger partial charge in [-0.25, -0.2) is 4.98 Å². The summed E-state index contributed by atoms with van der Waals surface area (Å²) in [5, 5.41) is 3.15. The molecule has 1 amide bonds. The van der Waals surface area contributed by atoms with Crippen LogP contribution < -0.4 is 10.0 Å². The van der Waals surface area contributed by atoms with E-state index in [1.165, 1.54) is 17.5 Å². The summed E-state index contributed by atoms with van der Waals surface area (Å²) in [5.41, 5.74) is 4.40. The van der Waals surface area contributed by atoms with Crippen LogP contribution in [0.15, 0.2) is 83.9 Å². The molecule has 2 aromatic carbocycles. The molecule has 0 aliphatic heterocycles. The predicted molar refractivity (Wildman–Crippen MR) is 137 cm³/mol. The van der Waals surface area contributed by atoms with E-state index in [0.717, 1.165) is 41.8 Å². The number of carbonyl (C=O) groups is 1. The lowest BCUT2D eigenvalue weighted by Gasteiger charge is -2.16. The van der Waals surface area contributed by atoms with Crippen molar-refractivity contribution < 1.29 is 9.21 Å². The number of aryl methyl sites for hydroxylation is 3. The number of carbonyl (C=O) groups excluding carboxylic acids is 1. The smallest absolute Gasteiger partial charge is 0.252 e. The second-order valence-electron chi connectivity index (χ2n) is 7.75. The van der Waals surface area contributed by atoms with Crippen LogP contribution in [-0.2, 0) is 24.1 Å². The number of nitrogens with one attached hydrogen (secondary N) is 2. The molecule has 33 heavy (non-hydrogen) atoms. The fraction of sp³-hybridized carbons (Fsp3) is 0.259. The summed E-state index contributed by atoms with van der Waals surface area (Å²) >= 11 is 1.30. The molecule has 0 saturated heterocycles. The van der Waals surface area contributed by atoms with Crippen molar-refractivity contribution in [3.05, 3.63) is 102 Å². The zero-order valence-corrected chi connectivity index (χ0v) is 20.0. The molecule has 0 bridgehead atoms. The van der Waals surface area contributed by atoms with Crippen LogP contribution in [0.3, 0.4) is 0 Å². The largest absolute Gasteiger partial charge is 0.441 e. The van der Waals surface area contributed by atoms with Gasteiger partial charge in [-0.1, -0.05) is 67.1 Å². The standard InChI is InChI=1S/C27H31N3O2S/c1-4-5-18-28-25(26(31)30-33-3)19-22-16-14-21(15-17-22)10-9-13-24-20(2)32-27(29-24)23-11-7-6-8-12-23/h4-8,11-12,14-18,25,28H,1,9-10,13,19H2,2-3H3,(H,30,31)/b18-5-. The minimum absolute atomic E-state index is 0.0434. The Morgan fingerprint density at radius 3 is 2.55 bits per heavy atom. The monoisotopic (exact) mass is 461 g/mol. The number of allylic oxidation sites excluding steroid dienone is 2. The van der Waals surface area contributed by atoms with Crippen LogP contribution in [0.25, 0.3) is 11.5 Å². The molecule has 0 aliphatic carbocycles. The highest BCUT2D eigenvalue weighted by Crippen LogP contribution is 2.22. The Hall–Kier alpha value is -3.25. The molecule has 1 unspecified atom stereocenters.